The van der Waals surface area contributed by atoms with Gasteiger partial charge in [-0.15, -0.1) is 0 Å². The van der Waals surface area contributed by atoms with Crippen LogP contribution in [0.25, 0.3) is 0 Å². The molecule has 1 atom stereocenters. The van der Waals surface area contributed by atoms with Crippen molar-refractivity contribution in [3.05, 3.63) is 95.3 Å². The van der Waals surface area contributed by atoms with Crippen molar-refractivity contribution in [3.63, 3.8) is 0 Å². The molecule has 0 radical (unpaired) electrons. The SMILES string of the molecule is Nc1cc(CN2CCC(Oc3ccc(N4c5ncc(Cl)cc5NC4c4ccccn4)cc3F)CC2)ccn1. The zero-order valence-corrected chi connectivity index (χ0v) is 21.4. The molecular formula is C28H27ClFN7O. The second-order valence-corrected chi connectivity index (χ2v) is 9.93. The van der Waals surface area contributed by atoms with Gasteiger partial charge in [-0.25, -0.2) is 14.4 Å². The Morgan fingerprint density at radius 1 is 1.03 bits per heavy atom. The van der Waals surface area contributed by atoms with E-state index in [4.69, 9.17) is 22.1 Å². The first-order valence-corrected chi connectivity index (χ1v) is 12.9. The van der Waals surface area contributed by atoms with Gasteiger partial charge < -0.3 is 15.8 Å². The summed E-state index contributed by atoms with van der Waals surface area (Å²) in [6.07, 6.45) is 6.27. The molecular weight excluding hydrogens is 505 g/mol. The van der Waals surface area contributed by atoms with Gasteiger partial charge in [0.15, 0.2) is 17.4 Å². The first kappa shape index (κ1) is 24.4. The molecule has 0 spiro atoms. The van der Waals surface area contributed by atoms with Crippen molar-refractivity contribution >= 4 is 34.6 Å². The lowest BCUT2D eigenvalue weighted by Gasteiger charge is -2.32. The molecule has 1 fully saturated rings. The lowest BCUT2D eigenvalue weighted by Crippen LogP contribution is -2.37. The topological polar surface area (TPSA) is 92.4 Å². The molecule has 5 heterocycles. The maximum atomic E-state index is 15.4. The number of rotatable bonds is 6. The molecule has 194 valence electrons. The van der Waals surface area contributed by atoms with Crippen molar-refractivity contribution in [1.82, 2.24) is 19.9 Å². The van der Waals surface area contributed by atoms with Crippen molar-refractivity contribution < 1.29 is 9.13 Å². The minimum absolute atomic E-state index is 0.0478. The number of pyridine rings is 3. The zero-order valence-electron chi connectivity index (χ0n) is 20.6. The Balaban J connectivity index is 1.16. The molecule has 2 aliphatic rings. The van der Waals surface area contributed by atoms with E-state index in [1.807, 2.05) is 47.4 Å². The fourth-order valence-electron chi connectivity index (χ4n) is 5.03. The van der Waals surface area contributed by atoms with Crippen molar-refractivity contribution in [2.75, 3.05) is 29.0 Å². The maximum Gasteiger partial charge on any atom is 0.167 e. The normalized spacial score (nSPS) is 17.7. The summed E-state index contributed by atoms with van der Waals surface area (Å²) in [5.41, 5.74) is 9.11. The zero-order chi connectivity index (χ0) is 26.1. The summed E-state index contributed by atoms with van der Waals surface area (Å²) >= 11 is 6.18. The highest BCUT2D eigenvalue weighted by Gasteiger charge is 2.34. The summed E-state index contributed by atoms with van der Waals surface area (Å²) in [5, 5.41) is 3.93. The number of piperidine rings is 1. The minimum Gasteiger partial charge on any atom is -0.487 e. The summed E-state index contributed by atoms with van der Waals surface area (Å²) in [6, 6.07) is 16.4. The van der Waals surface area contributed by atoms with Crippen LogP contribution in [0.4, 0.5) is 27.4 Å². The molecule has 3 aromatic heterocycles. The highest BCUT2D eigenvalue weighted by atomic mass is 35.5. The third kappa shape index (κ3) is 5.07. The van der Waals surface area contributed by atoms with Crippen LogP contribution >= 0.6 is 11.6 Å². The van der Waals surface area contributed by atoms with Crippen molar-refractivity contribution in [2.24, 2.45) is 0 Å². The molecule has 0 bridgehead atoms. The van der Waals surface area contributed by atoms with Crippen LogP contribution in [0.15, 0.2) is 73.2 Å². The molecule has 1 aromatic carbocycles. The van der Waals surface area contributed by atoms with Crippen LogP contribution in [0.2, 0.25) is 5.02 Å². The van der Waals surface area contributed by atoms with E-state index in [0.717, 1.165) is 49.4 Å². The lowest BCUT2D eigenvalue weighted by atomic mass is 10.1. The van der Waals surface area contributed by atoms with E-state index in [1.165, 1.54) is 6.07 Å². The molecule has 0 aliphatic carbocycles. The van der Waals surface area contributed by atoms with E-state index in [-0.39, 0.29) is 18.0 Å². The Kier molecular flexibility index (Phi) is 6.70. The number of ether oxygens (including phenoxy) is 1. The second kappa shape index (κ2) is 10.4. The number of likely N-dealkylation sites (tertiary alicyclic amines) is 1. The van der Waals surface area contributed by atoms with E-state index in [2.05, 4.69) is 25.2 Å². The number of hydrogen-bond donors (Lipinski definition) is 2. The molecule has 10 heteroatoms. The van der Waals surface area contributed by atoms with Crippen LogP contribution in [0, 0.1) is 5.82 Å². The third-order valence-corrected chi connectivity index (χ3v) is 7.06. The van der Waals surface area contributed by atoms with Crippen LogP contribution in [0.5, 0.6) is 5.75 Å². The van der Waals surface area contributed by atoms with Crippen LogP contribution in [-0.2, 0) is 6.54 Å². The minimum atomic E-state index is -0.417. The predicted octanol–water partition coefficient (Wildman–Crippen LogP) is 5.55. The summed E-state index contributed by atoms with van der Waals surface area (Å²) in [6.45, 7) is 2.54. The van der Waals surface area contributed by atoms with Gasteiger partial charge in [0.1, 0.15) is 18.1 Å². The number of nitrogen functional groups attached to an aromatic ring is 1. The highest BCUT2D eigenvalue weighted by molar-refractivity contribution is 6.30. The molecule has 8 nitrogen and oxygen atoms in total. The van der Waals surface area contributed by atoms with Gasteiger partial charge in [0.05, 0.1) is 16.4 Å². The fraction of sp³-hybridized carbons (Fsp3) is 0.250. The monoisotopic (exact) mass is 531 g/mol. The number of fused-ring (bicyclic) bond motifs is 1. The third-order valence-electron chi connectivity index (χ3n) is 6.85. The van der Waals surface area contributed by atoms with Crippen molar-refractivity contribution in [2.45, 2.75) is 31.7 Å². The highest BCUT2D eigenvalue weighted by Crippen LogP contribution is 2.45. The molecule has 38 heavy (non-hydrogen) atoms. The summed E-state index contributed by atoms with van der Waals surface area (Å²) in [5.74, 6) is 1.01. The quantitative estimate of drug-likeness (QED) is 0.334. The summed E-state index contributed by atoms with van der Waals surface area (Å²) in [7, 11) is 0. The van der Waals surface area contributed by atoms with Gasteiger partial charge in [-0.1, -0.05) is 17.7 Å². The number of aromatic nitrogens is 3. The maximum absolute atomic E-state index is 15.4. The van der Waals surface area contributed by atoms with E-state index >= 15 is 4.39 Å². The second-order valence-electron chi connectivity index (χ2n) is 9.49. The standard InChI is InChI=1S/C28H27ClFN7O/c29-19-14-24-27(34-16-19)37(28(35-24)23-3-1-2-9-32-23)20-4-5-25(22(30)15-20)38-21-7-11-36(12-8-21)17-18-6-10-33-26(31)13-18/h1-6,9-10,13-16,21,28,35H,7-8,11-12,17H2,(H2,31,33). The number of nitrogens with zero attached hydrogens (tertiary/aromatic N) is 5. The number of anilines is 4. The Labute approximate surface area is 225 Å². The molecule has 1 unspecified atom stereocenters. The lowest BCUT2D eigenvalue weighted by molar-refractivity contribution is 0.0935. The van der Waals surface area contributed by atoms with Gasteiger partial charge in [0.25, 0.3) is 0 Å². The molecule has 4 aromatic rings. The average Bonchev–Trinajstić information content (AvgIpc) is 3.30. The van der Waals surface area contributed by atoms with Gasteiger partial charge >= 0.3 is 0 Å². The van der Waals surface area contributed by atoms with Gasteiger partial charge in [0, 0.05) is 50.0 Å². The molecule has 2 aliphatic heterocycles. The Hall–Kier alpha value is -3.95. The number of hydrogen-bond acceptors (Lipinski definition) is 8. The van der Waals surface area contributed by atoms with Crippen LogP contribution < -0.4 is 20.7 Å². The molecule has 6 rings (SSSR count). The van der Waals surface area contributed by atoms with E-state index in [0.29, 0.717) is 22.3 Å². The number of nitrogens with one attached hydrogen (secondary N) is 1. The number of benzene rings is 1. The summed E-state index contributed by atoms with van der Waals surface area (Å²) in [4.78, 5) is 17.3. The Bertz CT molecular complexity index is 1430. The van der Waals surface area contributed by atoms with Crippen LogP contribution in [0.3, 0.4) is 0 Å². The van der Waals surface area contributed by atoms with Crippen LogP contribution in [0.1, 0.15) is 30.3 Å². The van der Waals surface area contributed by atoms with Gasteiger partial charge in [0.2, 0.25) is 0 Å². The van der Waals surface area contributed by atoms with Gasteiger partial charge in [-0.3, -0.25) is 14.8 Å². The van der Waals surface area contributed by atoms with E-state index < -0.39 is 5.82 Å². The van der Waals surface area contributed by atoms with Crippen molar-refractivity contribution in [1.29, 1.82) is 0 Å². The first-order chi connectivity index (χ1) is 18.5. The van der Waals surface area contributed by atoms with E-state index in [9.17, 15) is 0 Å². The molecule has 0 amide bonds. The number of nitrogens with two attached hydrogens (primary N) is 1. The fourth-order valence-corrected chi connectivity index (χ4v) is 5.19. The molecule has 1 saturated heterocycles. The predicted molar refractivity (Wildman–Crippen MR) is 146 cm³/mol. The largest absolute Gasteiger partial charge is 0.487 e. The molecule has 3 N–H and O–H groups in total. The first-order valence-electron chi connectivity index (χ1n) is 12.5. The Morgan fingerprint density at radius 3 is 2.66 bits per heavy atom. The van der Waals surface area contributed by atoms with Gasteiger partial charge in [-0.05, 0) is 60.9 Å². The summed E-state index contributed by atoms with van der Waals surface area (Å²) < 4.78 is 21.5. The van der Waals surface area contributed by atoms with Gasteiger partial charge in [-0.2, -0.15) is 0 Å². The van der Waals surface area contributed by atoms with Crippen molar-refractivity contribution in [3.8, 4) is 5.75 Å². The average molecular weight is 532 g/mol. The molecule has 0 saturated carbocycles. The van der Waals surface area contributed by atoms with Crippen LogP contribution in [-0.4, -0.2) is 39.0 Å². The Morgan fingerprint density at radius 2 is 1.89 bits per heavy atom. The smallest absolute Gasteiger partial charge is 0.167 e. The van der Waals surface area contributed by atoms with E-state index in [1.54, 1.807) is 24.7 Å². The number of halogens is 2.